The number of hydrogen-bond donors (Lipinski definition) is 2. The Hall–Kier alpha value is -2.48. The van der Waals surface area contributed by atoms with Gasteiger partial charge >= 0.3 is 0 Å². The van der Waals surface area contributed by atoms with E-state index in [4.69, 9.17) is 5.73 Å². The van der Waals surface area contributed by atoms with E-state index in [1.54, 1.807) is 21.9 Å². The number of hydrogen-bond acceptors (Lipinski definition) is 4. The van der Waals surface area contributed by atoms with Crippen molar-refractivity contribution >= 4 is 17.7 Å². The predicted octanol–water partition coefficient (Wildman–Crippen LogP) is -0.496. The Morgan fingerprint density at radius 1 is 1.08 bits per heavy atom. The van der Waals surface area contributed by atoms with E-state index in [-0.39, 0.29) is 43.0 Å². The third-order valence-electron chi connectivity index (χ3n) is 4.07. The molecule has 1 aliphatic rings. The first-order valence-electron chi connectivity index (χ1n) is 8.26. The summed E-state index contributed by atoms with van der Waals surface area (Å²) in [5, 5.41) is 2.45. The van der Waals surface area contributed by atoms with Crippen LogP contribution < -0.4 is 11.1 Å². The fourth-order valence-electron chi connectivity index (χ4n) is 2.71. The molecule has 3 amide bonds. The van der Waals surface area contributed by atoms with E-state index < -0.39 is 0 Å². The number of carbonyl (C=O) groups is 3. The van der Waals surface area contributed by atoms with Crippen molar-refractivity contribution in [2.45, 2.75) is 12.8 Å². The van der Waals surface area contributed by atoms with E-state index in [9.17, 15) is 18.8 Å². The zero-order chi connectivity index (χ0) is 18.2. The number of halogens is 1. The molecule has 0 unspecified atom stereocenters. The van der Waals surface area contributed by atoms with Gasteiger partial charge in [-0.1, -0.05) is 12.1 Å². The Bertz CT molecular complexity index is 638. The average molecular weight is 350 g/mol. The fraction of sp³-hybridized carbons (Fsp3) is 0.471. The molecule has 0 atom stereocenters. The van der Waals surface area contributed by atoms with Gasteiger partial charge in [0.05, 0.1) is 19.5 Å². The second-order valence-electron chi connectivity index (χ2n) is 5.90. The molecule has 1 fully saturated rings. The molecule has 0 spiro atoms. The van der Waals surface area contributed by atoms with E-state index in [1.165, 1.54) is 12.1 Å². The maximum atomic E-state index is 13.2. The lowest BCUT2D eigenvalue weighted by Crippen LogP contribution is -2.43. The van der Waals surface area contributed by atoms with Crippen LogP contribution in [0.25, 0.3) is 0 Å². The van der Waals surface area contributed by atoms with Crippen molar-refractivity contribution in [1.29, 1.82) is 0 Å². The highest BCUT2D eigenvalue weighted by Gasteiger charge is 2.22. The number of carbonyl (C=O) groups excluding carboxylic acids is 3. The summed E-state index contributed by atoms with van der Waals surface area (Å²) in [4.78, 5) is 38.9. The third-order valence-corrected chi connectivity index (χ3v) is 4.07. The summed E-state index contributed by atoms with van der Waals surface area (Å²) in [6.07, 6.45) is 0.795. The fourth-order valence-corrected chi connectivity index (χ4v) is 2.71. The molecular formula is C17H23FN4O3. The molecule has 1 aromatic carbocycles. The predicted molar refractivity (Wildman–Crippen MR) is 89.9 cm³/mol. The van der Waals surface area contributed by atoms with Gasteiger partial charge in [-0.05, 0) is 24.1 Å². The maximum Gasteiger partial charge on any atom is 0.242 e. The van der Waals surface area contributed by atoms with Crippen LogP contribution in [-0.4, -0.2) is 66.8 Å². The van der Waals surface area contributed by atoms with Crippen molar-refractivity contribution in [1.82, 2.24) is 15.1 Å². The number of amides is 3. The number of benzene rings is 1. The molecule has 136 valence electrons. The molecule has 3 N–H and O–H groups in total. The van der Waals surface area contributed by atoms with Crippen molar-refractivity contribution in [2.75, 3.05) is 39.3 Å². The summed E-state index contributed by atoms with van der Waals surface area (Å²) in [6, 6.07) is 5.99. The minimum Gasteiger partial charge on any atom is -0.346 e. The number of rotatable bonds is 5. The monoisotopic (exact) mass is 350 g/mol. The van der Waals surface area contributed by atoms with E-state index in [0.29, 0.717) is 38.2 Å². The second kappa shape index (κ2) is 9.12. The smallest absolute Gasteiger partial charge is 0.242 e. The van der Waals surface area contributed by atoms with Crippen molar-refractivity contribution in [3.8, 4) is 0 Å². The highest BCUT2D eigenvalue weighted by Crippen LogP contribution is 2.09. The van der Waals surface area contributed by atoms with Gasteiger partial charge in [-0.15, -0.1) is 0 Å². The molecule has 0 aromatic heterocycles. The lowest BCUT2D eigenvalue weighted by Gasteiger charge is -2.22. The molecule has 1 aromatic rings. The molecule has 0 radical (unpaired) electrons. The van der Waals surface area contributed by atoms with Gasteiger partial charge in [0.1, 0.15) is 5.82 Å². The van der Waals surface area contributed by atoms with Gasteiger partial charge in [0, 0.05) is 26.2 Å². The maximum absolute atomic E-state index is 13.2. The molecule has 1 saturated heterocycles. The quantitative estimate of drug-likeness (QED) is 0.749. The van der Waals surface area contributed by atoms with Gasteiger partial charge in [-0.25, -0.2) is 4.39 Å². The van der Waals surface area contributed by atoms with Gasteiger partial charge in [-0.3, -0.25) is 14.4 Å². The van der Waals surface area contributed by atoms with E-state index >= 15 is 0 Å². The lowest BCUT2D eigenvalue weighted by atomic mass is 10.1. The molecular weight excluding hydrogens is 327 g/mol. The zero-order valence-electron chi connectivity index (χ0n) is 14.0. The summed E-state index contributed by atoms with van der Waals surface area (Å²) in [5.74, 6) is -1.02. The Labute approximate surface area is 145 Å². The normalized spacial score (nSPS) is 14.8. The van der Waals surface area contributed by atoms with E-state index in [1.807, 2.05) is 0 Å². The summed E-state index contributed by atoms with van der Waals surface area (Å²) in [7, 11) is 0. The summed E-state index contributed by atoms with van der Waals surface area (Å²) >= 11 is 0. The Morgan fingerprint density at radius 2 is 1.76 bits per heavy atom. The minimum absolute atomic E-state index is 0.0867. The first kappa shape index (κ1) is 18.9. The number of nitrogens with two attached hydrogens (primary N) is 1. The molecule has 1 heterocycles. The van der Waals surface area contributed by atoms with Crippen molar-refractivity contribution in [3.63, 3.8) is 0 Å². The van der Waals surface area contributed by atoms with Crippen LogP contribution in [-0.2, 0) is 20.8 Å². The van der Waals surface area contributed by atoms with Gasteiger partial charge in [-0.2, -0.15) is 0 Å². The summed E-state index contributed by atoms with van der Waals surface area (Å²) < 4.78 is 13.2. The molecule has 2 rings (SSSR count). The summed E-state index contributed by atoms with van der Waals surface area (Å²) in [5.41, 5.74) is 5.81. The van der Waals surface area contributed by atoms with Crippen LogP contribution in [0.2, 0.25) is 0 Å². The van der Waals surface area contributed by atoms with Crippen molar-refractivity contribution < 1.29 is 18.8 Å². The second-order valence-corrected chi connectivity index (χ2v) is 5.90. The highest BCUT2D eigenvalue weighted by molar-refractivity contribution is 5.85. The molecule has 7 nitrogen and oxygen atoms in total. The molecule has 8 heteroatoms. The zero-order valence-corrected chi connectivity index (χ0v) is 14.0. The largest absolute Gasteiger partial charge is 0.346 e. The van der Waals surface area contributed by atoms with Crippen LogP contribution in [0, 0.1) is 5.82 Å². The van der Waals surface area contributed by atoms with Crippen LogP contribution in [0.15, 0.2) is 24.3 Å². The van der Waals surface area contributed by atoms with Crippen molar-refractivity contribution in [3.05, 3.63) is 35.6 Å². The molecule has 1 aliphatic heterocycles. The van der Waals surface area contributed by atoms with Crippen LogP contribution in [0.5, 0.6) is 0 Å². The van der Waals surface area contributed by atoms with Crippen LogP contribution in [0.1, 0.15) is 12.0 Å². The van der Waals surface area contributed by atoms with Gasteiger partial charge < -0.3 is 20.9 Å². The lowest BCUT2D eigenvalue weighted by molar-refractivity contribution is -0.133. The average Bonchev–Trinajstić information content (AvgIpc) is 2.85. The third kappa shape index (κ3) is 5.82. The van der Waals surface area contributed by atoms with Crippen LogP contribution >= 0.6 is 0 Å². The van der Waals surface area contributed by atoms with Gasteiger partial charge in [0.25, 0.3) is 0 Å². The van der Waals surface area contributed by atoms with Gasteiger partial charge in [0.15, 0.2) is 0 Å². The van der Waals surface area contributed by atoms with Crippen LogP contribution in [0.4, 0.5) is 4.39 Å². The van der Waals surface area contributed by atoms with Crippen LogP contribution in [0.3, 0.4) is 0 Å². The first-order valence-corrected chi connectivity index (χ1v) is 8.26. The van der Waals surface area contributed by atoms with Gasteiger partial charge in [0.2, 0.25) is 17.7 Å². The van der Waals surface area contributed by atoms with E-state index in [0.717, 1.165) is 0 Å². The molecule has 0 bridgehead atoms. The Balaban J connectivity index is 1.84. The number of nitrogens with one attached hydrogen (secondary N) is 1. The number of nitrogens with zero attached hydrogens (tertiary/aromatic N) is 2. The highest BCUT2D eigenvalue weighted by atomic mass is 19.1. The standard InChI is InChI=1S/C17H23FN4O3/c18-14-4-1-3-13(9-14)10-16(24)21-5-2-6-22(8-7-21)17(25)12-20-15(23)11-19/h1,3-4,9H,2,5-8,10-12,19H2,(H,20,23). The van der Waals surface area contributed by atoms with Crippen molar-refractivity contribution in [2.24, 2.45) is 5.73 Å². The molecule has 0 saturated carbocycles. The minimum atomic E-state index is -0.380. The Morgan fingerprint density at radius 3 is 2.40 bits per heavy atom. The SMILES string of the molecule is NCC(=O)NCC(=O)N1CCCN(C(=O)Cc2cccc(F)c2)CC1. The van der Waals surface area contributed by atoms with E-state index in [2.05, 4.69) is 5.32 Å². The summed E-state index contributed by atoms with van der Waals surface area (Å²) in [6.45, 7) is 1.66. The first-order chi connectivity index (χ1) is 12.0. The molecule has 25 heavy (non-hydrogen) atoms. The molecule has 0 aliphatic carbocycles. The topological polar surface area (TPSA) is 95.7 Å². The Kier molecular flexibility index (Phi) is 6.88.